The van der Waals surface area contributed by atoms with E-state index in [4.69, 9.17) is 4.74 Å². The molecular formula is C16H16F3NO4S. The van der Waals surface area contributed by atoms with Crippen LogP contribution in [0.1, 0.15) is 18.5 Å². The van der Waals surface area contributed by atoms with Gasteiger partial charge in [0.1, 0.15) is 11.5 Å². The van der Waals surface area contributed by atoms with Crippen LogP contribution in [0.15, 0.2) is 53.4 Å². The third-order valence-corrected chi connectivity index (χ3v) is 4.83. The number of para-hydroxylation sites is 1. The zero-order valence-electron chi connectivity index (χ0n) is 13.4. The molecule has 0 aromatic heterocycles. The maximum Gasteiger partial charge on any atom is 0.573 e. The van der Waals surface area contributed by atoms with Crippen LogP contribution < -0.4 is 14.2 Å². The number of sulfonamides is 1. The predicted molar refractivity (Wildman–Crippen MR) is 84.9 cm³/mol. The Morgan fingerprint density at radius 3 is 2.40 bits per heavy atom. The highest BCUT2D eigenvalue weighted by molar-refractivity contribution is 7.89. The van der Waals surface area contributed by atoms with Crippen molar-refractivity contribution >= 4 is 10.0 Å². The number of methoxy groups -OCH3 is 1. The molecule has 25 heavy (non-hydrogen) atoms. The fraction of sp³-hybridized carbons (Fsp3) is 0.250. The van der Waals surface area contributed by atoms with Crippen molar-refractivity contribution in [2.45, 2.75) is 24.2 Å². The zero-order chi connectivity index (χ0) is 18.7. The van der Waals surface area contributed by atoms with Gasteiger partial charge in [-0.3, -0.25) is 0 Å². The van der Waals surface area contributed by atoms with Gasteiger partial charge in [-0.1, -0.05) is 24.3 Å². The summed E-state index contributed by atoms with van der Waals surface area (Å²) in [7, 11) is -2.61. The molecule has 2 aromatic carbocycles. The minimum absolute atomic E-state index is 0.337. The first-order valence-corrected chi connectivity index (χ1v) is 8.62. The van der Waals surface area contributed by atoms with E-state index in [2.05, 4.69) is 9.46 Å². The molecule has 1 N–H and O–H groups in total. The predicted octanol–water partition coefficient (Wildman–Crippen LogP) is 3.63. The monoisotopic (exact) mass is 375 g/mol. The van der Waals surface area contributed by atoms with Crippen LogP contribution >= 0.6 is 0 Å². The molecule has 1 atom stereocenters. The van der Waals surface area contributed by atoms with Crippen LogP contribution in [0.3, 0.4) is 0 Å². The minimum Gasteiger partial charge on any atom is -0.496 e. The maximum atomic E-state index is 12.4. The highest BCUT2D eigenvalue weighted by atomic mass is 32.2. The second-order valence-corrected chi connectivity index (χ2v) is 6.82. The molecule has 2 aromatic rings. The average Bonchev–Trinajstić information content (AvgIpc) is 2.53. The van der Waals surface area contributed by atoms with E-state index in [-0.39, 0.29) is 4.90 Å². The quantitative estimate of drug-likeness (QED) is 0.837. The lowest BCUT2D eigenvalue weighted by Gasteiger charge is -2.17. The molecule has 0 heterocycles. The molecule has 0 radical (unpaired) electrons. The normalized spacial score (nSPS) is 13.3. The second kappa shape index (κ2) is 7.32. The van der Waals surface area contributed by atoms with Crippen LogP contribution in [0.5, 0.6) is 11.5 Å². The first-order valence-electron chi connectivity index (χ1n) is 7.13. The fourth-order valence-electron chi connectivity index (χ4n) is 2.23. The number of hydrogen-bond acceptors (Lipinski definition) is 4. The molecule has 9 heteroatoms. The summed E-state index contributed by atoms with van der Waals surface area (Å²) >= 11 is 0. The van der Waals surface area contributed by atoms with Crippen molar-refractivity contribution in [2.75, 3.05) is 7.11 Å². The Morgan fingerprint density at radius 1 is 1.08 bits per heavy atom. The third kappa shape index (κ3) is 5.10. The lowest BCUT2D eigenvalue weighted by Crippen LogP contribution is -2.27. The number of halogens is 3. The van der Waals surface area contributed by atoms with E-state index < -0.39 is 28.2 Å². The van der Waals surface area contributed by atoms with Crippen LogP contribution in [0.25, 0.3) is 0 Å². The molecule has 0 fully saturated rings. The van der Waals surface area contributed by atoms with Crippen molar-refractivity contribution in [3.8, 4) is 11.5 Å². The van der Waals surface area contributed by atoms with E-state index in [1.807, 2.05) is 0 Å². The molecule has 136 valence electrons. The van der Waals surface area contributed by atoms with Gasteiger partial charge >= 0.3 is 6.36 Å². The highest BCUT2D eigenvalue weighted by Gasteiger charge is 2.31. The van der Waals surface area contributed by atoms with Crippen LogP contribution in [-0.2, 0) is 10.0 Å². The molecule has 2 rings (SSSR count). The van der Waals surface area contributed by atoms with Crippen LogP contribution in [0, 0.1) is 0 Å². The van der Waals surface area contributed by atoms with Gasteiger partial charge in [-0.15, -0.1) is 13.2 Å². The Hall–Kier alpha value is -2.26. The maximum absolute atomic E-state index is 12.4. The smallest absolute Gasteiger partial charge is 0.496 e. The van der Waals surface area contributed by atoms with Crippen molar-refractivity contribution in [1.29, 1.82) is 0 Å². The molecule has 0 aliphatic heterocycles. The Bertz CT molecular complexity index is 837. The molecule has 0 bridgehead atoms. The van der Waals surface area contributed by atoms with Gasteiger partial charge in [-0.25, -0.2) is 13.1 Å². The molecule has 0 aliphatic carbocycles. The molecule has 0 amide bonds. The summed E-state index contributed by atoms with van der Waals surface area (Å²) in [6.45, 7) is 1.60. The van der Waals surface area contributed by atoms with E-state index >= 15 is 0 Å². The second-order valence-electron chi connectivity index (χ2n) is 5.11. The summed E-state index contributed by atoms with van der Waals surface area (Å²) in [4.78, 5) is -0.337. The summed E-state index contributed by atoms with van der Waals surface area (Å²) in [5.41, 5.74) is 0.594. The molecular weight excluding hydrogens is 359 g/mol. The van der Waals surface area contributed by atoms with Crippen molar-refractivity contribution in [1.82, 2.24) is 4.72 Å². The van der Waals surface area contributed by atoms with E-state index in [9.17, 15) is 21.6 Å². The van der Waals surface area contributed by atoms with Crippen molar-refractivity contribution < 1.29 is 31.1 Å². The number of ether oxygens (including phenoxy) is 2. The molecule has 5 nitrogen and oxygen atoms in total. The SMILES string of the molecule is COc1ccccc1[C@H](C)NS(=O)(=O)c1cccc(OC(F)(F)F)c1. The Balaban J connectivity index is 2.26. The number of benzene rings is 2. The molecule has 0 spiro atoms. The first kappa shape index (κ1) is 19.1. The third-order valence-electron chi connectivity index (χ3n) is 3.29. The zero-order valence-corrected chi connectivity index (χ0v) is 14.2. The number of hydrogen-bond donors (Lipinski definition) is 1. The van der Waals surface area contributed by atoms with E-state index in [0.29, 0.717) is 11.3 Å². The Kier molecular flexibility index (Phi) is 5.58. The molecule has 0 unspecified atom stereocenters. The van der Waals surface area contributed by atoms with Crippen LogP contribution in [0.2, 0.25) is 0 Å². The topological polar surface area (TPSA) is 64.6 Å². The van der Waals surface area contributed by atoms with Crippen molar-refractivity contribution in [2.24, 2.45) is 0 Å². The fourth-order valence-corrected chi connectivity index (χ4v) is 3.48. The van der Waals surface area contributed by atoms with Crippen molar-refractivity contribution in [3.63, 3.8) is 0 Å². The van der Waals surface area contributed by atoms with E-state index in [0.717, 1.165) is 12.1 Å². The lowest BCUT2D eigenvalue weighted by molar-refractivity contribution is -0.274. The van der Waals surface area contributed by atoms with Gasteiger partial charge in [-0.05, 0) is 25.1 Å². The Morgan fingerprint density at radius 2 is 1.76 bits per heavy atom. The van der Waals surface area contributed by atoms with Crippen LogP contribution in [-0.4, -0.2) is 21.9 Å². The summed E-state index contributed by atoms with van der Waals surface area (Å²) < 4.78 is 73.1. The van der Waals surface area contributed by atoms with E-state index in [1.54, 1.807) is 31.2 Å². The summed E-state index contributed by atoms with van der Waals surface area (Å²) in [6.07, 6.45) is -4.90. The van der Waals surface area contributed by atoms with Gasteiger partial charge in [0.25, 0.3) is 0 Å². The minimum atomic E-state index is -4.90. The molecule has 0 aliphatic rings. The lowest BCUT2D eigenvalue weighted by atomic mass is 10.1. The summed E-state index contributed by atoms with van der Waals surface area (Å²) in [5.74, 6) is -0.118. The van der Waals surface area contributed by atoms with Gasteiger partial charge in [0, 0.05) is 17.7 Å². The van der Waals surface area contributed by atoms with E-state index in [1.165, 1.54) is 19.2 Å². The molecule has 0 saturated carbocycles. The first-order chi connectivity index (χ1) is 11.6. The van der Waals surface area contributed by atoms with Crippen molar-refractivity contribution in [3.05, 3.63) is 54.1 Å². The number of rotatable bonds is 6. The number of alkyl halides is 3. The van der Waals surface area contributed by atoms with Gasteiger partial charge in [0.2, 0.25) is 10.0 Å². The van der Waals surface area contributed by atoms with Gasteiger partial charge < -0.3 is 9.47 Å². The molecule has 0 saturated heterocycles. The van der Waals surface area contributed by atoms with Gasteiger partial charge in [0.05, 0.1) is 12.0 Å². The largest absolute Gasteiger partial charge is 0.573 e. The standard InChI is InChI=1S/C16H16F3NO4S/c1-11(14-8-3-4-9-15(14)23-2)20-25(21,22)13-7-5-6-12(10-13)24-16(17,18)19/h3-11,20H,1-2H3/t11-/m0/s1. The Labute approximate surface area is 143 Å². The van der Waals surface area contributed by atoms with Gasteiger partial charge in [0.15, 0.2) is 0 Å². The van der Waals surface area contributed by atoms with Crippen LogP contribution in [0.4, 0.5) is 13.2 Å². The highest BCUT2D eigenvalue weighted by Crippen LogP contribution is 2.28. The number of nitrogens with one attached hydrogen (secondary N) is 1. The summed E-state index contributed by atoms with van der Waals surface area (Å²) in [6, 6.07) is 10.4. The average molecular weight is 375 g/mol. The summed E-state index contributed by atoms with van der Waals surface area (Å²) in [5, 5.41) is 0. The van der Waals surface area contributed by atoms with Gasteiger partial charge in [-0.2, -0.15) is 0 Å².